The number of nitrogens with zero attached hydrogens (tertiary/aromatic N) is 4. The van der Waals surface area contributed by atoms with E-state index in [0.29, 0.717) is 20.6 Å². The first kappa shape index (κ1) is 19.7. The molecule has 0 fully saturated rings. The third-order valence-corrected chi connectivity index (χ3v) is 6.57. The Morgan fingerprint density at radius 1 is 1.37 bits per heavy atom. The lowest BCUT2D eigenvalue weighted by Crippen LogP contribution is -2.31. The van der Waals surface area contributed by atoms with Crippen LogP contribution in [-0.2, 0) is 16.6 Å². The molecule has 2 aromatic heterocycles. The minimum absolute atomic E-state index is 0.0295. The molecular formula is C16H16ClFN4O3S2. The maximum atomic E-state index is 13.2. The van der Waals surface area contributed by atoms with Gasteiger partial charge in [0.05, 0.1) is 24.2 Å². The van der Waals surface area contributed by atoms with E-state index < -0.39 is 16.2 Å². The van der Waals surface area contributed by atoms with Crippen LogP contribution in [0.2, 0.25) is 5.02 Å². The summed E-state index contributed by atoms with van der Waals surface area (Å²) in [5, 5.41) is 8.39. The van der Waals surface area contributed by atoms with Crippen molar-refractivity contribution in [2.75, 3.05) is 10.1 Å². The molecule has 0 saturated carbocycles. The molecule has 7 nitrogen and oxygen atoms in total. The van der Waals surface area contributed by atoms with Crippen molar-refractivity contribution in [2.45, 2.75) is 26.6 Å². The third kappa shape index (κ3) is 4.45. The van der Waals surface area contributed by atoms with Crippen molar-refractivity contribution >= 4 is 38.6 Å². The number of rotatable bonds is 7. The van der Waals surface area contributed by atoms with Crippen LogP contribution in [-0.4, -0.2) is 29.4 Å². The summed E-state index contributed by atoms with van der Waals surface area (Å²) in [6, 6.07) is 6.60. The topological polar surface area (TPSA) is 89.2 Å². The van der Waals surface area contributed by atoms with E-state index >= 15 is 0 Å². The van der Waals surface area contributed by atoms with Gasteiger partial charge in [-0.3, -0.25) is 4.31 Å². The lowest BCUT2D eigenvalue weighted by atomic mass is 10.3. The number of halogens is 2. The summed E-state index contributed by atoms with van der Waals surface area (Å²) in [6.07, 6.45) is 0.126. The normalized spacial score (nSPS) is 12.9. The predicted octanol–water partition coefficient (Wildman–Crippen LogP) is 4.23. The van der Waals surface area contributed by atoms with Crippen LogP contribution in [0.1, 0.15) is 30.9 Å². The third-order valence-electron chi connectivity index (χ3n) is 3.62. The molecule has 11 heteroatoms. The van der Waals surface area contributed by atoms with E-state index in [1.165, 1.54) is 28.8 Å². The maximum Gasteiger partial charge on any atom is 0.259 e. The van der Waals surface area contributed by atoms with Crippen LogP contribution in [0.3, 0.4) is 0 Å². The molecule has 1 atom stereocenters. The molecular weight excluding hydrogens is 415 g/mol. The molecule has 27 heavy (non-hydrogen) atoms. The minimum Gasteiger partial charge on any atom is -0.417 e. The number of thiazole rings is 1. The van der Waals surface area contributed by atoms with Gasteiger partial charge in [0.25, 0.3) is 11.8 Å². The number of alkyl halides is 1. The van der Waals surface area contributed by atoms with Gasteiger partial charge in [0.1, 0.15) is 9.88 Å². The fourth-order valence-corrected chi connectivity index (χ4v) is 4.40. The Kier molecular flexibility index (Phi) is 5.78. The number of benzene rings is 1. The van der Waals surface area contributed by atoms with Crippen molar-refractivity contribution in [1.82, 2.24) is 15.2 Å². The van der Waals surface area contributed by atoms with Crippen LogP contribution in [0.15, 0.2) is 34.9 Å². The Labute approximate surface area is 164 Å². The number of sulfonamides is 1. The molecule has 1 unspecified atom stereocenters. The zero-order valence-electron chi connectivity index (χ0n) is 14.5. The molecule has 3 rings (SSSR count). The minimum atomic E-state index is -3.55. The number of aromatic nitrogens is 3. The summed E-state index contributed by atoms with van der Waals surface area (Å²) in [4.78, 5) is 4.77. The quantitative estimate of drug-likeness (QED) is 0.557. The molecule has 0 aliphatic heterocycles. The van der Waals surface area contributed by atoms with Crippen LogP contribution < -0.4 is 4.31 Å². The molecule has 0 radical (unpaired) electrons. The summed E-state index contributed by atoms with van der Waals surface area (Å²) in [6.45, 7) is 2.90. The SMILES string of the molecule is CCS(=O)(=O)N(Cc1ncc(-c2nnc(C(C)F)o2)s1)c1cccc(Cl)c1. The fourth-order valence-electron chi connectivity index (χ4n) is 2.24. The second-order valence-corrected chi connectivity index (χ2v) is 9.30. The van der Waals surface area contributed by atoms with Crippen molar-refractivity contribution in [3.05, 3.63) is 46.4 Å². The summed E-state index contributed by atoms with van der Waals surface area (Å²) in [5.41, 5.74) is 0.451. The van der Waals surface area contributed by atoms with Crippen molar-refractivity contribution < 1.29 is 17.2 Å². The molecule has 144 valence electrons. The first-order chi connectivity index (χ1) is 12.8. The molecule has 2 heterocycles. The number of hydrogen-bond acceptors (Lipinski definition) is 7. The predicted molar refractivity (Wildman–Crippen MR) is 102 cm³/mol. The summed E-state index contributed by atoms with van der Waals surface area (Å²) >= 11 is 7.20. The van der Waals surface area contributed by atoms with Gasteiger partial charge in [0.2, 0.25) is 10.0 Å². The van der Waals surface area contributed by atoms with Gasteiger partial charge in [-0.15, -0.1) is 21.5 Å². The van der Waals surface area contributed by atoms with E-state index in [1.807, 2.05) is 0 Å². The Morgan fingerprint density at radius 2 is 2.15 bits per heavy atom. The monoisotopic (exact) mass is 430 g/mol. The van der Waals surface area contributed by atoms with Gasteiger partial charge in [-0.2, -0.15) is 0 Å². The van der Waals surface area contributed by atoms with Crippen LogP contribution >= 0.6 is 22.9 Å². The molecule has 3 aromatic rings. The summed E-state index contributed by atoms with van der Waals surface area (Å²) in [7, 11) is -3.55. The van der Waals surface area contributed by atoms with Crippen LogP contribution in [0, 0.1) is 0 Å². The van der Waals surface area contributed by atoms with Crippen LogP contribution in [0.5, 0.6) is 0 Å². The molecule has 0 aliphatic carbocycles. The highest BCUT2D eigenvalue weighted by atomic mass is 35.5. The molecule has 1 aromatic carbocycles. The highest BCUT2D eigenvalue weighted by Crippen LogP contribution is 2.30. The van der Waals surface area contributed by atoms with Gasteiger partial charge in [0, 0.05) is 5.02 Å². The highest BCUT2D eigenvalue weighted by molar-refractivity contribution is 7.92. The van der Waals surface area contributed by atoms with Gasteiger partial charge in [-0.25, -0.2) is 17.8 Å². The highest BCUT2D eigenvalue weighted by Gasteiger charge is 2.23. The Bertz CT molecular complexity index is 1040. The van der Waals surface area contributed by atoms with E-state index in [0.717, 1.165) is 0 Å². The Morgan fingerprint density at radius 3 is 2.78 bits per heavy atom. The number of anilines is 1. The Balaban J connectivity index is 1.89. The molecule has 0 bridgehead atoms. The van der Waals surface area contributed by atoms with Crippen molar-refractivity contribution in [2.24, 2.45) is 0 Å². The van der Waals surface area contributed by atoms with E-state index in [4.69, 9.17) is 16.0 Å². The molecule has 0 amide bonds. The van der Waals surface area contributed by atoms with E-state index in [-0.39, 0.29) is 24.1 Å². The first-order valence-electron chi connectivity index (χ1n) is 7.98. The van der Waals surface area contributed by atoms with Crippen molar-refractivity contribution in [3.8, 4) is 10.8 Å². The first-order valence-corrected chi connectivity index (χ1v) is 10.8. The number of hydrogen-bond donors (Lipinski definition) is 0. The molecule has 0 aliphatic rings. The van der Waals surface area contributed by atoms with Gasteiger partial charge in [0.15, 0.2) is 6.17 Å². The zero-order chi connectivity index (χ0) is 19.6. The lowest BCUT2D eigenvalue weighted by Gasteiger charge is -2.23. The van der Waals surface area contributed by atoms with Crippen LogP contribution in [0.25, 0.3) is 10.8 Å². The summed E-state index contributed by atoms with van der Waals surface area (Å²) < 4.78 is 44.9. The van der Waals surface area contributed by atoms with Crippen molar-refractivity contribution in [3.63, 3.8) is 0 Å². The molecule has 0 spiro atoms. The second-order valence-electron chi connectivity index (χ2n) is 5.57. The van der Waals surface area contributed by atoms with Gasteiger partial charge in [-0.05, 0) is 32.0 Å². The molecule has 0 saturated heterocycles. The second kappa shape index (κ2) is 7.91. The van der Waals surface area contributed by atoms with Crippen LogP contribution in [0.4, 0.5) is 10.1 Å². The standard InChI is InChI=1S/C16H16ClFN4O3S2/c1-3-27(23,24)22(12-6-4-5-11(17)7-12)9-14-19-8-13(26-14)16-21-20-15(25-16)10(2)18/h4-8,10H,3,9H2,1-2H3. The smallest absolute Gasteiger partial charge is 0.259 e. The van der Waals surface area contributed by atoms with Gasteiger partial charge in [-0.1, -0.05) is 17.7 Å². The maximum absolute atomic E-state index is 13.2. The van der Waals surface area contributed by atoms with Gasteiger partial charge >= 0.3 is 0 Å². The lowest BCUT2D eigenvalue weighted by molar-refractivity contribution is 0.301. The van der Waals surface area contributed by atoms with E-state index in [2.05, 4.69) is 15.2 Å². The average molecular weight is 431 g/mol. The average Bonchev–Trinajstić information content (AvgIpc) is 3.28. The van der Waals surface area contributed by atoms with E-state index in [9.17, 15) is 12.8 Å². The molecule has 0 N–H and O–H groups in total. The Hall–Kier alpha value is -2.04. The zero-order valence-corrected chi connectivity index (χ0v) is 16.9. The summed E-state index contributed by atoms with van der Waals surface area (Å²) in [5.74, 6) is -0.0425. The van der Waals surface area contributed by atoms with Gasteiger partial charge < -0.3 is 4.42 Å². The van der Waals surface area contributed by atoms with Crippen molar-refractivity contribution in [1.29, 1.82) is 0 Å². The fraction of sp³-hybridized carbons (Fsp3) is 0.312. The largest absolute Gasteiger partial charge is 0.417 e. The van der Waals surface area contributed by atoms with E-state index in [1.54, 1.807) is 31.2 Å².